The second-order valence-electron chi connectivity index (χ2n) is 6.50. The Labute approximate surface area is 157 Å². The summed E-state index contributed by atoms with van der Waals surface area (Å²) in [5, 5.41) is 2.57. The van der Waals surface area contributed by atoms with Gasteiger partial charge in [0, 0.05) is 32.5 Å². The molecule has 3 rings (SSSR count). The zero-order valence-electron chi connectivity index (χ0n) is 14.6. The molecule has 2 aromatic carbocycles. The van der Waals surface area contributed by atoms with Gasteiger partial charge < -0.3 is 5.32 Å². The molecule has 1 aliphatic heterocycles. The standard InChI is InChI=1S/C19H20F2N2O3S/c20-16-7-4-8-17(13-16)27(25,26)23-11-9-19(21,10-12-23)18(24)22-14-15-5-2-1-3-6-15/h1-8,13H,9-12,14H2,(H,22,24). The van der Waals surface area contributed by atoms with Crippen LogP contribution in [0.3, 0.4) is 0 Å². The van der Waals surface area contributed by atoms with E-state index in [1.165, 1.54) is 12.1 Å². The topological polar surface area (TPSA) is 66.5 Å². The maximum Gasteiger partial charge on any atom is 0.258 e. The Kier molecular flexibility index (Phi) is 5.57. The third-order valence-corrected chi connectivity index (χ3v) is 6.55. The second kappa shape index (κ2) is 7.74. The van der Waals surface area contributed by atoms with Crippen LogP contribution in [-0.4, -0.2) is 37.4 Å². The van der Waals surface area contributed by atoms with Crippen molar-refractivity contribution in [2.45, 2.75) is 30.0 Å². The maximum atomic E-state index is 15.0. The Balaban J connectivity index is 1.62. The number of carbonyl (C=O) groups excluding carboxylic acids is 1. The van der Waals surface area contributed by atoms with Gasteiger partial charge in [0.25, 0.3) is 5.91 Å². The van der Waals surface area contributed by atoms with E-state index < -0.39 is 27.4 Å². The third kappa shape index (κ3) is 4.33. The Morgan fingerprint density at radius 3 is 2.37 bits per heavy atom. The van der Waals surface area contributed by atoms with Crippen molar-refractivity contribution in [3.8, 4) is 0 Å². The molecule has 1 aliphatic rings. The highest BCUT2D eigenvalue weighted by molar-refractivity contribution is 7.89. The van der Waals surface area contributed by atoms with Gasteiger partial charge in [0.05, 0.1) is 4.90 Å². The Bertz CT molecular complexity index is 912. The van der Waals surface area contributed by atoms with E-state index in [9.17, 15) is 17.6 Å². The van der Waals surface area contributed by atoms with E-state index in [0.717, 1.165) is 22.0 Å². The van der Waals surface area contributed by atoms with Crippen LogP contribution >= 0.6 is 0 Å². The average Bonchev–Trinajstić information content (AvgIpc) is 2.67. The lowest BCUT2D eigenvalue weighted by Gasteiger charge is -2.34. The van der Waals surface area contributed by atoms with Crippen molar-refractivity contribution in [1.82, 2.24) is 9.62 Å². The fourth-order valence-electron chi connectivity index (χ4n) is 3.02. The van der Waals surface area contributed by atoms with E-state index in [-0.39, 0.29) is 37.4 Å². The smallest absolute Gasteiger partial charge is 0.258 e. The molecule has 0 aliphatic carbocycles. The summed E-state index contributed by atoms with van der Waals surface area (Å²) in [7, 11) is -3.92. The summed E-state index contributed by atoms with van der Waals surface area (Å²) in [6, 6.07) is 13.8. The van der Waals surface area contributed by atoms with Crippen molar-refractivity contribution in [2.24, 2.45) is 0 Å². The van der Waals surface area contributed by atoms with Crippen LogP contribution in [0.5, 0.6) is 0 Å². The van der Waals surface area contributed by atoms with Gasteiger partial charge in [-0.2, -0.15) is 4.31 Å². The summed E-state index contributed by atoms with van der Waals surface area (Å²) in [6.45, 7) is -0.0845. The number of nitrogens with zero attached hydrogens (tertiary/aromatic N) is 1. The van der Waals surface area contributed by atoms with Crippen LogP contribution in [0.2, 0.25) is 0 Å². The summed E-state index contributed by atoms with van der Waals surface area (Å²) >= 11 is 0. The molecular formula is C19H20F2N2O3S. The minimum atomic E-state index is -3.92. The van der Waals surface area contributed by atoms with Crippen LogP contribution in [-0.2, 0) is 21.4 Å². The van der Waals surface area contributed by atoms with Crippen LogP contribution in [0, 0.1) is 5.82 Å². The summed E-state index contributed by atoms with van der Waals surface area (Å²) < 4.78 is 54.5. The number of nitrogens with one attached hydrogen (secondary N) is 1. The van der Waals surface area contributed by atoms with E-state index in [2.05, 4.69) is 5.32 Å². The summed E-state index contributed by atoms with van der Waals surface area (Å²) in [6.07, 6.45) is -0.496. The SMILES string of the molecule is O=C(NCc1ccccc1)C1(F)CCN(S(=O)(=O)c2cccc(F)c2)CC1. The molecule has 0 radical (unpaired) electrons. The number of hydrogen-bond donors (Lipinski definition) is 1. The van der Waals surface area contributed by atoms with Crippen molar-refractivity contribution >= 4 is 15.9 Å². The third-order valence-electron chi connectivity index (χ3n) is 4.65. The highest BCUT2D eigenvalue weighted by Crippen LogP contribution is 2.30. The maximum absolute atomic E-state index is 15.0. The molecule has 0 spiro atoms. The van der Waals surface area contributed by atoms with Crippen molar-refractivity contribution in [1.29, 1.82) is 0 Å². The van der Waals surface area contributed by atoms with Crippen LogP contribution in [0.25, 0.3) is 0 Å². The molecule has 0 saturated carbocycles. The number of benzene rings is 2. The first-order valence-corrected chi connectivity index (χ1v) is 10.0. The predicted molar refractivity (Wildman–Crippen MR) is 96.5 cm³/mol. The zero-order valence-corrected chi connectivity index (χ0v) is 15.4. The number of hydrogen-bond acceptors (Lipinski definition) is 3. The lowest BCUT2D eigenvalue weighted by Crippen LogP contribution is -2.52. The monoisotopic (exact) mass is 394 g/mol. The van der Waals surface area contributed by atoms with Crippen molar-refractivity contribution < 1.29 is 22.0 Å². The molecular weight excluding hydrogens is 374 g/mol. The molecule has 0 aromatic heterocycles. The highest BCUT2D eigenvalue weighted by Gasteiger charge is 2.44. The number of rotatable bonds is 5. The average molecular weight is 394 g/mol. The normalized spacial score (nSPS) is 17.4. The summed E-state index contributed by atoms with van der Waals surface area (Å²) in [4.78, 5) is 12.1. The lowest BCUT2D eigenvalue weighted by molar-refractivity contribution is -0.135. The lowest BCUT2D eigenvalue weighted by atomic mass is 9.93. The number of sulfonamides is 1. The fraction of sp³-hybridized carbons (Fsp3) is 0.316. The molecule has 1 N–H and O–H groups in total. The number of alkyl halides is 1. The van der Waals surface area contributed by atoms with Gasteiger partial charge in [0.1, 0.15) is 5.82 Å². The van der Waals surface area contributed by atoms with Gasteiger partial charge in [-0.25, -0.2) is 17.2 Å². The van der Waals surface area contributed by atoms with E-state index >= 15 is 4.39 Å². The summed E-state index contributed by atoms with van der Waals surface area (Å²) in [5.74, 6) is -1.40. The number of piperidine rings is 1. The van der Waals surface area contributed by atoms with E-state index in [1.807, 2.05) is 30.3 Å². The minimum absolute atomic E-state index is 0.145. The van der Waals surface area contributed by atoms with E-state index in [0.29, 0.717) is 0 Å². The minimum Gasteiger partial charge on any atom is -0.349 e. The molecule has 144 valence electrons. The van der Waals surface area contributed by atoms with Gasteiger partial charge in [-0.15, -0.1) is 0 Å². The van der Waals surface area contributed by atoms with Gasteiger partial charge in [-0.1, -0.05) is 36.4 Å². The van der Waals surface area contributed by atoms with Crippen molar-refractivity contribution in [3.05, 3.63) is 66.0 Å². The van der Waals surface area contributed by atoms with Crippen LogP contribution in [0.1, 0.15) is 18.4 Å². The van der Waals surface area contributed by atoms with Gasteiger partial charge >= 0.3 is 0 Å². The number of halogens is 2. The van der Waals surface area contributed by atoms with Crippen LogP contribution in [0.15, 0.2) is 59.5 Å². The van der Waals surface area contributed by atoms with E-state index in [1.54, 1.807) is 0 Å². The largest absolute Gasteiger partial charge is 0.349 e. The molecule has 1 heterocycles. The van der Waals surface area contributed by atoms with Crippen LogP contribution < -0.4 is 5.32 Å². The summed E-state index contributed by atoms with van der Waals surface area (Å²) in [5.41, 5.74) is -1.27. The zero-order chi connectivity index (χ0) is 19.5. The Hall–Kier alpha value is -2.32. The first-order valence-electron chi connectivity index (χ1n) is 8.58. The number of amides is 1. The van der Waals surface area contributed by atoms with Gasteiger partial charge in [-0.05, 0) is 23.8 Å². The van der Waals surface area contributed by atoms with Gasteiger partial charge in [0.15, 0.2) is 5.67 Å². The van der Waals surface area contributed by atoms with Gasteiger partial charge in [0.2, 0.25) is 10.0 Å². The van der Waals surface area contributed by atoms with E-state index in [4.69, 9.17) is 0 Å². The molecule has 0 unspecified atom stereocenters. The Morgan fingerprint density at radius 1 is 1.07 bits per heavy atom. The second-order valence-corrected chi connectivity index (χ2v) is 8.43. The van der Waals surface area contributed by atoms with Crippen molar-refractivity contribution in [3.63, 3.8) is 0 Å². The molecule has 0 bridgehead atoms. The fourth-order valence-corrected chi connectivity index (χ4v) is 4.49. The molecule has 1 fully saturated rings. The quantitative estimate of drug-likeness (QED) is 0.848. The molecule has 0 atom stereocenters. The Morgan fingerprint density at radius 2 is 1.74 bits per heavy atom. The molecule has 1 saturated heterocycles. The van der Waals surface area contributed by atoms with Crippen molar-refractivity contribution in [2.75, 3.05) is 13.1 Å². The highest BCUT2D eigenvalue weighted by atomic mass is 32.2. The molecule has 8 heteroatoms. The molecule has 1 amide bonds. The predicted octanol–water partition coefficient (Wildman–Crippen LogP) is 2.63. The van der Waals surface area contributed by atoms with Crippen LogP contribution in [0.4, 0.5) is 8.78 Å². The molecule has 27 heavy (non-hydrogen) atoms. The number of carbonyl (C=O) groups is 1. The first-order chi connectivity index (χ1) is 12.8. The first kappa shape index (κ1) is 19.4. The van der Waals surface area contributed by atoms with Gasteiger partial charge in [-0.3, -0.25) is 4.79 Å². The molecule has 5 nitrogen and oxygen atoms in total. The molecule has 2 aromatic rings.